The van der Waals surface area contributed by atoms with E-state index in [1.54, 1.807) is 25.1 Å². The summed E-state index contributed by atoms with van der Waals surface area (Å²) >= 11 is 6.19. The third-order valence-electron chi connectivity index (χ3n) is 4.53. The molecule has 156 valence electrons. The van der Waals surface area contributed by atoms with Crippen LogP contribution in [-0.2, 0) is 16.4 Å². The third kappa shape index (κ3) is 4.60. The van der Waals surface area contributed by atoms with Crippen molar-refractivity contribution in [2.75, 3.05) is 6.26 Å². The van der Waals surface area contributed by atoms with Gasteiger partial charge in [0.2, 0.25) is 0 Å². The normalized spacial score (nSPS) is 11.3. The van der Waals surface area contributed by atoms with Crippen molar-refractivity contribution in [1.29, 1.82) is 0 Å². The first-order chi connectivity index (χ1) is 14.1. The number of hydrogen-bond acceptors (Lipinski definition) is 5. The predicted octanol–water partition coefficient (Wildman–Crippen LogP) is 2.84. The molecule has 1 N–H and O–H groups in total. The van der Waals surface area contributed by atoms with Crippen LogP contribution in [0.4, 0.5) is 0 Å². The van der Waals surface area contributed by atoms with E-state index < -0.39 is 21.3 Å². The molecule has 0 fully saturated rings. The molecule has 1 heterocycles. The van der Waals surface area contributed by atoms with Crippen LogP contribution < -0.4 is 10.9 Å². The van der Waals surface area contributed by atoms with Crippen LogP contribution in [0.3, 0.4) is 0 Å². The summed E-state index contributed by atoms with van der Waals surface area (Å²) in [5, 5.41) is 2.68. The Hall–Kier alpha value is -2.97. The number of aryl methyl sites for hydroxylation is 1. The molecule has 0 atom stereocenters. The van der Waals surface area contributed by atoms with E-state index in [-0.39, 0.29) is 22.3 Å². The lowest BCUT2D eigenvalue weighted by molar-refractivity contribution is 0.0943. The van der Waals surface area contributed by atoms with Crippen LogP contribution in [-0.4, -0.2) is 30.1 Å². The highest BCUT2D eigenvalue weighted by Gasteiger charge is 2.19. The van der Waals surface area contributed by atoms with Gasteiger partial charge < -0.3 is 5.32 Å². The van der Waals surface area contributed by atoms with Crippen LogP contribution >= 0.6 is 11.6 Å². The smallest absolute Gasteiger partial charge is 0.287 e. The number of halogens is 1. The number of aromatic nitrogens is 2. The molecule has 9 heteroatoms. The second-order valence-electron chi connectivity index (χ2n) is 6.91. The van der Waals surface area contributed by atoms with Crippen LogP contribution in [0, 0.1) is 13.8 Å². The molecule has 1 amide bonds. The predicted molar refractivity (Wildman–Crippen MR) is 115 cm³/mol. The van der Waals surface area contributed by atoms with Crippen molar-refractivity contribution in [2.45, 2.75) is 25.3 Å². The molecule has 30 heavy (non-hydrogen) atoms. The Balaban J connectivity index is 1.89. The highest BCUT2D eigenvalue weighted by atomic mass is 35.5. The zero-order valence-corrected chi connectivity index (χ0v) is 18.2. The minimum absolute atomic E-state index is 0.0544. The maximum atomic E-state index is 13.0. The molecular formula is C21H20ClN3O4S. The van der Waals surface area contributed by atoms with Gasteiger partial charge in [0.25, 0.3) is 11.5 Å². The lowest BCUT2D eigenvalue weighted by atomic mass is 10.2. The van der Waals surface area contributed by atoms with Gasteiger partial charge in [-0.05, 0) is 49.2 Å². The highest BCUT2D eigenvalue weighted by Crippen LogP contribution is 2.16. The fourth-order valence-electron chi connectivity index (χ4n) is 2.92. The summed E-state index contributed by atoms with van der Waals surface area (Å²) in [6.45, 7) is 3.65. The lowest BCUT2D eigenvalue weighted by Gasteiger charge is -2.13. The van der Waals surface area contributed by atoms with E-state index in [9.17, 15) is 18.0 Å². The van der Waals surface area contributed by atoms with Crippen LogP contribution in [0.15, 0.2) is 58.2 Å². The zero-order valence-electron chi connectivity index (χ0n) is 16.6. The largest absolute Gasteiger partial charge is 0.346 e. The maximum Gasteiger partial charge on any atom is 0.287 e. The van der Waals surface area contributed by atoms with Crippen molar-refractivity contribution in [1.82, 2.24) is 14.9 Å². The van der Waals surface area contributed by atoms with Gasteiger partial charge in [-0.15, -0.1) is 0 Å². The lowest BCUT2D eigenvalue weighted by Crippen LogP contribution is -2.35. The molecule has 2 aromatic carbocycles. The summed E-state index contributed by atoms with van der Waals surface area (Å²) in [6, 6.07) is 13.4. The van der Waals surface area contributed by atoms with Gasteiger partial charge in [0.15, 0.2) is 15.5 Å². The van der Waals surface area contributed by atoms with Gasteiger partial charge in [-0.1, -0.05) is 35.9 Å². The van der Waals surface area contributed by atoms with Gasteiger partial charge in [-0.3, -0.25) is 14.2 Å². The molecule has 0 saturated carbocycles. The minimum atomic E-state index is -3.30. The Morgan fingerprint density at radius 1 is 1.13 bits per heavy atom. The molecule has 0 radical (unpaired) electrons. The number of carbonyl (C=O) groups excluding carboxylic acids is 1. The van der Waals surface area contributed by atoms with Crippen LogP contribution in [0.25, 0.3) is 5.69 Å². The second kappa shape index (κ2) is 8.41. The van der Waals surface area contributed by atoms with E-state index in [0.717, 1.165) is 11.8 Å². The Bertz CT molecular complexity index is 1280. The van der Waals surface area contributed by atoms with Gasteiger partial charge >= 0.3 is 0 Å². The van der Waals surface area contributed by atoms with Gasteiger partial charge in [0, 0.05) is 18.5 Å². The molecule has 0 aliphatic rings. The van der Waals surface area contributed by atoms with E-state index >= 15 is 0 Å². The fraction of sp³-hybridized carbons (Fsp3) is 0.190. The monoisotopic (exact) mass is 445 g/mol. The molecule has 3 aromatic rings. The van der Waals surface area contributed by atoms with Crippen molar-refractivity contribution in [3.05, 3.63) is 86.6 Å². The third-order valence-corrected chi connectivity index (χ3v) is 6.02. The van der Waals surface area contributed by atoms with Gasteiger partial charge in [0.1, 0.15) is 5.15 Å². The minimum Gasteiger partial charge on any atom is -0.346 e. The summed E-state index contributed by atoms with van der Waals surface area (Å²) in [5.41, 5.74) is 1.75. The van der Waals surface area contributed by atoms with Crippen LogP contribution in [0.1, 0.15) is 27.3 Å². The Kier molecular flexibility index (Phi) is 6.09. The van der Waals surface area contributed by atoms with E-state index in [1.165, 1.54) is 16.7 Å². The number of hydrogen-bond donors (Lipinski definition) is 1. The van der Waals surface area contributed by atoms with Crippen molar-refractivity contribution >= 4 is 27.3 Å². The highest BCUT2D eigenvalue weighted by molar-refractivity contribution is 7.90. The molecule has 0 aliphatic carbocycles. The standard InChI is InChI=1S/C21H20ClN3O4S/c1-13-5-4-6-16(11-13)25-14(2)19(22)24-18(21(25)27)20(26)23-12-15-7-9-17(10-8-15)30(3,28)29/h4-11H,12H2,1-3H3,(H,23,26). The molecule has 0 unspecified atom stereocenters. The van der Waals surface area contributed by atoms with Gasteiger partial charge in [-0.2, -0.15) is 0 Å². The molecule has 7 nitrogen and oxygen atoms in total. The number of carbonyl (C=O) groups is 1. The van der Waals surface area contributed by atoms with Crippen LogP contribution in [0.5, 0.6) is 0 Å². The van der Waals surface area contributed by atoms with Crippen LogP contribution in [0.2, 0.25) is 5.15 Å². The van der Waals surface area contributed by atoms with E-state index in [0.29, 0.717) is 16.9 Å². The van der Waals surface area contributed by atoms with E-state index in [4.69, 9.17) is 11.6 Å². The number of rotatable bonds is 5. The molecule has 0 aliphatic heterocycles. The Labute approximate surface area is 179 Å². The van der Waals surface area contributed by atoms with Crippen molar-refractivity contribution in [3.8, 4) is 5.69 Å². The van der Waals surface area contributed by atoms with Crippen molar-refractivity contribution < 1.29 is 13.2 Å². The number of sulfone groups is 1. The Morgan fingerprint density at radius 3 is 2.40 bits per heavy atom. The molecule has 1 aromatic heterocycles. The Morgan fingerprint density at radius 2 is 1.80 bits per heavy atom. The SMILES string of the molecule is Cc1cccc(-n2c(C)c(Cl)nc(C(=O)NCc3ccc(S(C)(=O)=O)cc3)c2=O)c1. The second-order valence-corrected chi connectivity index (χ2v) is 9.29. The molecule has 3 rings (SSSR count). The van der Waals surface area contributed by atoms with E-state index in [1.807, 2.05) is 25.1 Å². The average Bonchev–Trinajstić information content (AvgIpc) is 2.69. The number of benzene rings is 2. The van der Waals surface area contributed by atoms with Gasteiger partial charge in [-0.25, -0.2) is 13.4 Å². The molecule has 0 spiro atoms. The topological polar surface area (TPSA) is 98.1 Å². The van der Waals surface area contributed by atoms with Crippen molar-refractivity contribution in [3.63, 3.8) is 0 Å². The summed E-state index contributed by atoms with van der Waals surface area (Å²) in [6.07, 6.45) is 1.12. The summed E-state index contributed by atoms with van der Waals surface area (Å²) in [4.78, 5) is 29.8. The van der Waals surface area contributed by atoms with E-state index in [2.05, 4.69) is 10.3 Å². The molecular weight excluding hydrogens is 426 g/mol. The molecule has 0 saturated heterocycles. The summed E-state index contributed by atoms with van der Waals surface area (Å²) < 4.78 is 24.4. The first-order valence-corrected chi connectivity index (χ1v) is 11.3. The quantitative estimate of drug-likeness (QED) is 0.651. The molecule has 0 bridgehead atoms. The number of nitrogens with one attached hydrogen (secondary N) is 1. The first kappa shape index (κ1) is 21.7. The fourth-order valence-corrected chi connectivity index (χ4v) is 3.72. The summed E-state index contributed by atoms with van der Waals surface area (Å²) in [7, 11) is -3.30. The summed E-state index contributed by atoms with van der Waals surface area (Å²) in [5.74, 6) is -0.671. The van der Waals surface area contributed by atoms with Gasteiger partial charge in [0.05, 0.1) is 10.6 Å². The van der Waals surface area contributed by atoms with Crippen molar-refractivity contribution in [2.24, 2.45) is 0 Å². The average molecular weight is 446 g/mol. The number of amides is 1. The maximum absolute atomic E-state index is 13.0. The first-order valence-electron chi connectivity index (χ1n) is 9.01. The zero-order chi connectivity index (χ0) is 22.1. The number of nitrogens with zero attached hydrogens (tertiary/aromatic N) is 2.